The fourth-order valence-electron chi connectivity index (χ4n) is 1.80. The van der Waals surface area contributed by atoms with Gasteiger partial charge >= 0.3 is 59.1 Å². The number of unbranched alkanes of at least 4 members (excludes halogenated alkanes) is 9. The van der Waals surface area contributed by atoms with Gasteiger partial charge < -0.3 is 18.9 Å². The number of hydrogen-bond acceptors (Lipinski definition) is 5. The molecule has 0 radical (unpaired) electrons. The second-order valence-electron chi connectivity index (χ2n) is 4.54. The molecule has 0 aliphatic rings. The van der Waals surface area contributed by atoms with E-state index >= 15 is 0 Å². The molecule has 0 fully saturated rings. The first-order chi connectivity index (χ1) is 8.56. The van der Waals surface area contributed by atoms with E-state index in [2.05, 4.69) is 17.2 Å². The minimum atomic E-state index is -4.75. The summed E-state index contributed by atoms with van der Waals surface area (Å²) in [6.45, 7) is 0.0357. The zero-order valence-electron chi connectivity index (χ0n) is 13.0. The molecular formula is C12H25Na2O4PS. The fourth-order valence-corrected chi connectivity index (χ4v) is 2.38. The van der Waals surface area contributed by atoms with Gasteiger partial charge in [0.05, 0.1) is 14.4 Å². The third-order valence-electron chi connectivity index (χ3n) is 2.80. The molecule has 0 unspecified atom stereocenters. The third kappa shape index (κ3) is 25.4. The van der Waals surface area contributed by atoms with E-state index in [1.165, 1.54) is 44.9 Å². The molecule has 0 atom stereocenters. The molecule has 8 heteroatoms. The van der Waals surface area contributed by atoms with Crippen LogP contribution in [0.3, 0.4) is 0 Å². The number of rotatable bonds is 13. The summed E-state index contributed by atoms with van der Waals surface area (Å²) in [7, 11) is -4.75. The largest absolute Gasteiger partial charge is 1.00 e. The monoisotopic (exact) mass is 342 g/mol. The first-order valence-electron chi connectivity index (χ1n) is 6.84. The molecule has 0 aromatic rings. The summed E-state index contributed by atoms with van der Waals surface area (Å²) in [6, 6.07) is 0. The quantitative estimate of drug-likeness (QED) is 0.165. The van der Waals surface area contributed by atoms with Gasteiger partial charge in [0, 0.05) is 0 Å². The van der Waals surface area contributed by atoms with Crippen LogP contribution in [0.15, 0.2) is 0 Å². The molecule has 110 valence electrons. The van der Waals surface area contributed by atoms with Crippen molar-refractivity contribution in [2.75, 3.05) is 12.4 Å². The molecule has 0 bridgehead atoms. The maximum absolute atomic E-state index is 10.2. The van der Waals surface area contributed by atoms with Crippen LogP contribution in [0, 0.1) is 0 Å². The molecule has 0 aromatic carbocycles. The molecule has 0 aliphatic carbocycles. The predicted octanol–water partition coefficient (Wildman–Crippen LogP) is -3.33. The molecule has 0 saturated heterocycles. The minimum absolute atomic E-state index is 0. The van der Waals surface area contributed by atoms with Gasteiger partial charge in [-0.15, -0.1) is 0 Å². The number of phosphoric acid groups is 1. The molecule has 0 spiro atoms. The van der Waals surface area contributed by atoms with Gasteiger partial charge in [0.1, 0.15) is 0 Å². The average molecular weight is 342 g/mol. The van der Waals surface area contributed by atoms with Crippen LogP contribution < -0.4 is 68.9 Å². The molecule has 20 heavy (non-hydrogen) atoms. The van der Waals surface area contributed by atoms with Crippen molar-refractivity contribution in [3.8, 4) is 0 Å². The van der Waals surface area contributed by atoms with Crippen LogP contribution >= 0.6 is 20.5 Å². The van der Waals surface area contributed by atoms with Crippen molar-refractivity contribution >= 4 is 20.5 Å². The average Bonchev–Trinajstić information content (AvgIpc) is 2.29. The second-order valence-corrected chi connectivity index (χ2v) is 6.14. The molecule has 0 heterocycles. The third-order valence-corrected chi connectivity index (χ3v) is 3.62. The van der Waals surface area contributed by atoms with E-state index < -0.39 is 7.82 Å². The summed E-state index contributed by atoms with van der Waals surface area (Å²) in [5.74, 6) is 0.988. The Bertz CT molecular complexity index is 230. The van der Waals surface area contributed by atoms with Crippen molar-refractivity contribution in [2.45, 2.75) is 64.2 Å². The van der Waals surface area contributed by atoms with E-state index in [9.17, 15) is 14.4 Å². The molecule has 0 saturated carbocycles. The van der Waals surface area contributed by atoms with Crippen LogP contribution in [0.1, 0.15) is 64.2 Å². The Kier molecular flexibility index (Phi) is 26.6. The van der Waals surface area contributed by atoms with Gasteiger partial charge in [-0.1, -0.05) is 51.4 Å². The summed E-state index contributed by atoms with van der Waals surface area (Å²) < 4.78 is 14.3. The fraction of sp³-hybridized carbons (Fsp3) is 1.00. The van der Waals surface area contributed by atoms with Crippen LogP contribution in [0.25, 0.3) is 0 Å². The van der Waals surface area contributed by atoms with Gasteiger partial charge in [-0.05, 0) is 18.6 Å². The summed E-state index contributed by atoms with van der Waals surface area (Å²) in [6.07, 6.45) is 11.5. The summed E-state index contributed by atoms with van der Waals surface area (Å²) in [4.78, 5) is 20.3. The molecule has 4 nitrogen and oxygen atoms in total. The summed E-state index contributed by atoms with van der Waals surface area (Å²) >= 11 is 4.17. The number of thiol groups is 1. The molecule has 0 N–H and O–H groups in total. The molecule has 0 rings (SSSR count). The Morgan fingerprint density at radius 3 is 1.45 bits per heavy atom. The standard InChI is InChI=1S/C12H27O4PS.2Na/c13-17(14,15)16-11-9-7-5-3-1-2-4-6-8-10-12-18;;/h18H,1-12H2,(H2,13,14,15);;/q;2*+1/p-2. The zero-order chi connectivity index (χ0) is 13.7. The van der Waals surface area contributed by atoms with Crippen LogP contribution in [0.2, 0.25) is 0 Å². The Morgan fingerprint density at radius 2 is 1.10 bits per heavy atom. The van der Waals surface area contributed by atoms with Crippen molar-refractivity contribution in [1.82, 2.24) is 0 Å². The van der Waals surface area contributed by atoms with Gasteiger partial charge in [0.2, 0.25) is 0 Å². The minimum Gasteiger partial charge on any atom is -0.790 e. The molecular weight excluding hydrogens is 317 g/mol. The summed E-state index contributed by atoms with van der Waals surface area (Å²) in [5.41, 5.74) is 0. The Balaban J connectivity index is -0.00000144. The van der Waals surface area contributed by atoms with Crippen LogP contribution in [-0.2, 0) is 9.09 Å². The Morgan fingerprint density at radius 1 is 0.750 bits per heavy atom. The normalized spacial score (nSPS) is 10.8. The second kappa shape index (κ2) is 19.5. The molecule has 0 aliphatic heterocycles. The molecule has 0 amide bonds. The smallest absolute Gasteiger partial charge is 0.790 e. The van der Waals surface area contributed by atoms with E-state index in [1.807, 2.05) is 0 Å². The van der Waals surface area contributed by atoms with Crippen molar-refractivity contribution in [3.63, 3.8) is 0 Å². The van der Waals surface area contributed by atoms with Crippen LogP contribution in [0.4, 0.5) is 0 Å². The summed E-state index contributed by atoms with van der Waals surface area (Å²) in [5, 5.41) is 0. The van der Waals surface area contributed by atoms with Crippen molar-refractivity contribution in [2.24, 2.45) is 0 Å². The Labute approximate surface area is 173 Å². The number of phosphoric ester groups is 1. The maximum Gasteiger partial charge on any atom is 1.00 e. The molecule has 0 aromatic heterocycles. The topological polar surface area (TPSA) is 72.4 Å². The van der Waals surface area contributed by atoms with Gasteiger partial charge in [-0.2, -0.15) is 12.6 Å². The van der Waals surface area contributed by atoms with Gasteiger partial charge in [0.15, 0.2) is 0 Å². The first-order valence-corrected chi connectivity index (χ1v) is 8.93. The van der Waals surface area contributed by atoms with E-state index in [0.29, 0.717) is 6.42 Å². The van der Waals surface area contributed by atoms with Gasteiger partial charge in [-0.3, -0.25) is 0 Å². The van der Waals surface area contributed by atoms with Gasteiger partial charge in [-0.25, -0.2) is 0 Å². The Hall–Kier alpha value is 2.46. The maximum atomic E-state index is 10.2. The van der Waals surface area contributed by atoms with Crippen molar-refractivity contribution in [3.05, 3.63) is 0 Å². The van der Waals surface area contributed by atoms with Crippen molar-refractivity contribution in [1.29, 1.82) is 0 Å². The van der Waals surface area contributed by atoms with Crippen LogP contribution in [0.5, 0.6) is 0 Å². The van der Waals surface area contributed by atoms with Crippen molar-refractivity contribution < 1.29 is 78.0 Å². The SMILES string of the molecule is O=P([O-])([O-])OCCCCCCCCCCCCS.[Na+].[Na+]. The van der Waals surface area contributed by atoms with Gasteiger partial charge in [0.25, 0.3) is 0 Å². The predicted molar refractivity (Wildman–Crippen MR) is 73.6 cm³/mol. The zero-order valence-corrected chi connectivity index (χ0v) is 18.8. The number of hydrogen-bond donors (Lipinski definition) is 1. The van der Waals surface area contributed by atoms with E-state index in [1.54, 1.807) is 0 Å². The first kappa shape index (κ1) is 27.3. The van der Waals surface area contributed by atoms with E-state index in [4.69, 9.17) is 0 Å². The van der Waals surface area contributed by atoms with E-state index in [-0.39, 0.29) is 65.7 Å². The van der Waals surface area contributed by atoms with E-state index in [0.717, 1.165) is 18.6 Å². The van der Waals surface area contributed by atoms with Crippen LogP contribution in [-0.4, -0.2) is 12.4 Å².